The van der Waals surface area contributed by atoms with Crippen LogP contribution in [-0.2, 0) is 0 Å². The molecule has 156 valence electrons. The molecular formula is C18H48BN3O3. The molecule has 0 aromatic heterocycles. The Morgan fingerprint density at radius 1 is 0.400 bits per heavy atom. The van der Waals surface area contributed by atoms with E-state index in [1.54, 1.807) is 0 Å². The van der Waals surface area contributed by atoms with E-state index in [-0.39, 0.29) is 0 Å². The molecule has 0 aliphatic rings. The summed E-state index contributed by atoms with van der Waals surface area (Å²) >= 11 is 0. The molecule has 0 rings (SSSR count). The van der Waals surface area contributed by atoms with Gasteiger partial charge in [0.2, 0.25) is 0 Å². The Morgan fingerprint density at radius 2 is 0.480 bits per heavy atom. The highest BCUT2D eigenvalue weighted by molar-refractivity contribution is 6.30. The highest BCUT2D eigenvalue weighted by Crippen LogP contribution is 1.82. The van der Waals surface area contributed by atoms with E-state index in [9.17, 15) is 0 Å². The van der Waals surface area contributed by atoms with Gasteiger partial charge in [0.25, 0.3) is 0 Å². The second-order valence-corrected chi connectivity index (χ2v) is 7.77. The fourth-order valence-electron chi connectivity index (χ4n) is 2.00. The van der Waals surface area contributed by atoms with E-state index in [0.29, 0.717) is 36.3 Å². The van der Waals surface area contributed by atoms with Gasteiger partial charge in [-0.2, -0.15) is 0 Å². The van der Waals surface area contributed by atoms with E-state index in [1.807, 2.05) is 0 Å². The molecule has 0 unspecified atom stereocenters. The lowest BCUT2D eigenvalue weighted by atomic mass is 10.3. The van der Waals surface area contributed by atoms with Gasteiger partial charge in [-0.1, -0.05) is 83.1 Å². The molecule has 0 heterocycles. The van der Waals surface area contributed by atoms with Gasteiger partial charge >= 0.3 is 7.32 Å². The smallest absolute Gasteiger partial charge is 0.402 e. The third-order valence-corrected chi connectivity index (χ3v) is 2.00. The van der Waals surface area contributed by atoms with Gasteiger partial charge in [0.05, 0.1) is 0 Å². The van der Waals surface area contributed by atoms with Crippen molar-refractivity contribution >= 4 is 7.32 Å². The summed E-state index contributed by atoms with van der Waals surface area (Å²) in [5, 5.41) is 31.4. The average Bonchev–Trinajstić information content (AvgIpc) is 2.22. The van der Waals surface area contributed by atoms with Gasteiger partial charge < -0.3 is 31.0 Å². The maximum Gasteiger partial charge on any atom is 0.631 e. The summed E-state index contributed by atoms with van der Waals surface area (Å²) in [5.41, 5.74) is 0. The Balaban J connectivity index is -0.000000120. The second-order valence-electron chi connectivity index (χ2n) is 7.77. The predicted molar refractivity (Wildman–Crippen MR) is 113 cm³/mol. The van der Waals surface area contributed by atoms with E-state index >= 15 is 0 Å². The first kappa shape index (κ1) is 32.5. The molecular weight excluding hydrogens is 317 g/mol. The Kier molecular flexibility index (Phi) is 28.4. The number of nitrogens with one attached hydrogen (secondary N) is 3. The quantitative estimate of drug-likeness (QED) is 0.404. The fraction of sp³-hybridized carbons (Fsp3) is 1.00. The first-order valence-corrected chi connectivity index (χ1v) is 9.43. The van der Waals surface area contributed by atoms with Crippen LogP contribution in [0, 0.1) is 0 Å². The van der Waals surface area contributed by atoms with Crippen molar-refractivity contribution in [3.63, 3.8) is 0 Å². The second kappa shape index (κ2) is 21.9. The zero-order valence-corrected chi connectivity index (χ0v) is 18.9. The fourth-order valence-corrected chi connectivity index (χ4v) is 2.00. The van der Waals surface area contributed by atoms with Crippen LogP contribution in [0.15, 0.2) is 0 Å². The zero-order chi connectivity index (χ0) is 21.2. The Labute approximate surface area is 158 Å². The van der Waals surface area contributed by atoms with Crippen LogP contribution >= 0.6 is 0 Å². The summed E-state index contributed by atoms with van der Waals surface area (Å²) in [6.07, 6.45) is 0. The van der Waals surface area contributed by atoms with Crippen molar-refractivity contribution in [1.82, 2.24) is 16.0 Å². The van der Waals surface area contributed by atoms with Crippen molar-refractivity contribution in [2.45, 2.75) is 119 Å². The lowest BCUT2D eigenvalue weighted by Gasteiger charge is -2.10. The van der Waals surface area contributed by atoms with Gasteiger partial charge in [-0.3, -0.25) is 0 Å². The molecule has 25 heavy (non-hydrogen) atoms. The molecule has 0 aromatic rings. The average molecular weight is 365 g/mol. The molecule has 0 aliphatic carbocycles. The van der Waals surface area contributed by atoms with E-state index in [2.05, 4.69) is 99.0 Å². The zero-order valence-electron chi connectivity index (χ0n) is 18.9. The minimum absolute atomic E-state index is 0.625. The molecule has 0 fully saturated rings. The van der Waals surface area contributed by atoms with Gasteiger partial charge in [0.15, 0.2) is 0 Å². The number of hydrogen-bond acceptors (Lipinski definition) is 6. The number of hydrogen-bond donors (Lipinski definition) is 6. The molecule has 0 amide bonds. The van der Waals surface area contributed by atoms with Crippen LogP contribution in [0.1, 0.15) is 83.1 Å². The summed E-state index contributed by atoms with van der Waals surface area (Å²) < 4.78 is 0. The normalized spacial score (nSPS) is 10.4. The summed E-state index contributed by atoms with van der Waals surface area (Å²) in [5.74, 6) is 0. The lowest BCUT2D eigenvalue weighted by Crippen LogP contribution is -2.29. The molecule has 0 saturated carbocycles. The standard InChI is InChI=1S/3C6H15N.BH3O3/c3*1-5(2)7-6(3)4;2-1(3)4/h3*5-7H,1-4H3;2-4H. The SMILES string of the molecule is CC(C)NC(C)C.CC(C)NC(C)C.CC(C)NC(C)C.OB(O)O. The van der Waals surface area contributed by atoms with Gasteiger partial charge in [-0.15, -0.1) is 0 Å². The van der Waals surface area contributed by atoms with Gasteiger partial charge in [-0.25, -0.2) is 0 Å². The topological polar surface area (TPSA) is 96.8 Å². The first-order chi connectivity index (χ1) is 11.1. The molecule has 0 bridgehead atoms. The molecule has 0 spiro atoms. The van der Waals surface area contributed by atoms with Crippen LogP contribution in [0.2, 0.25) is 0 Å². The van der Waals surface area contributed by atoms with Crippen LogP contribution in [0.3, 0.4) is 0 Å². The highest BCUT2D eigenvalue weighted by atomic mass is 16.5. The molecule has 0 atom stereocenters. The Hall–Kier alpha value is -0.175. The minimum Gasteiger partial charge on any atom is -0.402 e. The highest BCUT2D eigenvalue weighted by Gasteiger charge is 1.94. The first-order valence-electron chi connectivity index (χ1n) is 9.43. The third-order valence-electron chi connectivity index (χ3n) is 2.00. The van der Waals surface area contributed by atoms with E-state index < -0.39 is 7.32 Å². The van der Waals surface area contributed by atoms with Crippen molar-refractivity contribution in [2.75, 3.05) is 0 Å². The van der Waals surface area contributed by atoms with Crippen molar-refractivity contribution < 1.29 is 15.1 Å². The molecule has 0 saturated heterocycles. The summed E-state index contributed by atoms with van der Waals surface area (Å²) in [4.78, 5) is 0. The number of rotatable bonds is 6. The van der Waals surface area contributed by atoms with E-state index in [4.69, 9.17) is 15.1 Å². The summed E-state index contributed by atoms with van der Waals surface area (Å²) in [6, 6.07) is 3.75. The van der Waals surface area contributed by atoms with Crippen molar-refractivity contribution in [3.8, 4) is 0 Å². The molecule has 0 aliphatic heterocycles. The molecule has 6 nitrogen and oxygen atoms in total. The van der Waals surface area contributed by atoms with Gasteiger partial charge in [-0.05, 0) is 0 Å². The van der Waals surface area contributed by atoms with Crippen molar-refractivity contribution in [2.24, 2.45) is 0 Å². The van der Waals surface area contributed by atoms with Gasteiger partial charge in [0, 0.05) is 36.3 Å². The molecule has 6 N–H and O–H groups in total. The largest absolute Gasteiger partial charge is 0.631 e. The molecule has 0 radical (unpaired) electrons. The maximum atomic E-state index is 7.17. The van der Waals surface area contributed by atoms with Crippen LogP contribution in [0.5, 0.6) is 0 Å². The maximum absolute atomic E-state index is 7.17. The van der Waals surface area contributed by atoms with E-state index in [1.165, 1.54) is 0 Å². The van der Waals surface area contributed by atoms with Crippen LogP contribution < -0.4 is 16.0 Å². The monoisotopic (exact) mass is 365 g/mol. The molecule has 0 aromatic carbocycles. The van der Waals surface area contributed by atoms with Crippen LogP contribution in [0.4, 0.5) is 0 Å². The summed E-state index contributed by atoms with van der Waals surface area (Å²) in [7, 11) is -2.17. The van der Waals surface area contributed by atoms with Gasteiger partial charge in [0.1, 0.15) is 0 Å². The summed E-state index contributed by atoms with van der Waals surface area (Å²) in [6.45, 7) is 25.8. The van der Waals surface area contributed by atoms with Crippen LogP contribution in [-0.4, -0.2) is 58.6 Å². The minimum atomic E-state index is -2.17. The van der Waals surface area contributed by atoms with Crippen molar-refractivity contribution in [1.29, 1.82) is 0 Å². The predicted octanol–water partition coefficient (Wildman–Crippen LogP) is 2.13. The molecule has 7 heteroatoms. The van der Waals surface area contributed by atoms with Crippen molar-refractivity contribution in [3.05, 3.63) is 0 Å². The van der Waals surface area contributed by atoms with Crippen LogP contribution in [0.25, 0.3) is 0 Å². The third kappa shape index (κ3) is 81.2. The van der Waals surface area contributed by atoms with E-state index in [0.717, 1.165) is 0 Å². The lowest BCUT2D eigenvalue weighted by molar-refractivity contribution is 0.278. The Bertz CT molecular complexity index is 184. The Morgan fingerprint density at radius 3 is 0.480 bits per heavy atom.